The van der Waals surface area contributed by atoms with E-state index in [4.69, 9.17) is 16.3 Å². The SMILES string of the molecule is CCOC(=O)C1=C(O)/C(=C/c2cc(C)n(-c3ccc([N+](=O)[O-])cc3)c2C)SC1=NC(=O)c1ccccc1Cl. The summed E-state index contributed by atoms with van der Waals surface area (Å²) in [4.78, 5) is 40.5. The van der Waals surface area contributed by atoms with E-state index in [0.717, 1.165) is 34.4 Å². The Morgan fingerprint density at radius 1 is 1.18 bits per heavy atom. The zero-order valence-corrected chi connectivity index (χ0v) is 22.2. The molecule has 38 heavy (non-hydrogen) atoms. The number of aliphatic hydroxyl groups excluding tert-OH is 1. The molecule has 0 spiro atoms. The number of hydrogen-bond donors (Lipinski definition) is 1. The maximum absolute atomic E-state index is 12.8. The highest BCUT2D eigenvalue weighted by molar-refractivity contribution is 8.18. The predicted octanol–water partition coefficient (Wildman–Crippen LogP) is 6.36. The molecular weight excluding hydrogens is 530 g/mol. The number of esters is 1. The van der Waals surface area contributed by atoms with Crippen molar-refractivity contribution in [2.45, 2.75) is 20.8 Å². The summed E-state index contributed by atoms with van der Waals surface area (Å²) >= 11 is 7.10. The maximum Gasteiger partial charge on any atom is 0.344 e. The summed E-state index contributed by atoms with van der Waals surface area (Å²) in [5.74, 6) is -1.81. The fraction of sp³-hybridized carbons (Fsp3) is 0.148. The number of halogens is 1. The van der Waals surface area contributed by atoms with E-state index in [9.17, 15) is 24.8 Å². The quantitative estimate of drug-likeness (QED) is 0.215. The number of rotatable bonds is 6. The lowest BCUT2D eigenvalue weighted by atomic mass is 10.1. The molecule has 1 aliphatic heterocycles. The molecule has 194 valence electrons. The van der Waals surface area contributed by atoms with Crippen LogP contribution in [0.25, 0.3) is 11.8 Å². The van der Waals surface area contributed by atoms with Crippen LogP contribution in [0.2, 0.25) is 5.02 Å². The van der Waals surface area contributed by atoms with Gasteiger partial charge in [-0.15, -0.1) is 0 Å². The number of nitro groups is 1. The van der Waals surface area contributed by atoms with Gasteiger partial charge in [0.25, 0.3) is 11.6 Å². The molecule has 0 bridgehead atoms. The Labute approximate surface area is 227 Å². The topological polar surface area (TPSA) is 124 Å². The molecule has 1 amide bonds. The van der Waals surface area contributed by atoms with Crippen LogP contribution in [0.4, 0.5) is 5.69 Å². The van der Waals surface area contributed by atoms with Crippen LogP contribution in [-0.4, -0.2) is 38.1 Å². The molecule has 0 fully saturated rings. The van der Waals surface area contributed by atoms with Crippen molar-refractivity contribution in [2.75, 3.05) is 6.61 Å². The van der Waals surface area contributed by atoms with Crippen LogP contribution in [0, 0.1) is 24.0 Å². The molecule has 0 aliphatic carbocycles. The molecule has 2 heterocycles. The van der Waals surface area contributed by atoms with Gasteiger partial charge in [-0.3, -0.25) is 14.9 Å². The Balaban J connectivity index is 1.75. The molecule has 1 N–H and O–H groups in total. The smallest absolute Gasteiger partial charge is 0.344 e. The Morgan fingerprint density at radius 3 is 2.50 bits per heavy atom. The molecule has 3 aromatic rings. The molecule has 0 atom stereocenters. The van der Waals surface area contributed by atoms with Gasteiger partial charge in [-0.1, -0.05) is 35.5 Å². The Hall–Kier alpha value is -4.15. The molecule has 1 aromatic heterocycles. The van der Waals surface area contributed by atoms with E-state index in [1.807, 2.05) is 24.5 Å². The molecular formula is C27H22ClN3O6S. The van der Waals surface area contributed by atoms with Gasteiger partial charge in [0.15, 0.2) is 0 Å². The average molecular weight is 552 g/mol. The largest absolute Gasteiger partial charge is 0.506 e. The van der Waals surface area contributed by atoms with Crippen molar-refractivity contribution in [3.63, 3.8) is 0 Å². The normalized spacial score (nSPS) is 15.4. The Morgan fingerprint density at radius 2 is 1.87 bits per heavy atom. The molecule has 2 aromatic carbocycles. The predicted molar refractivity (Wildman–Crippen MR) is 147 cm³/mol. The van der Waals surface area contributed by atoms with E-state index in [-0.39, 0.29) is 39.3 Å². The zero-order valence-electron chi connectivity index (χ0n) is 20.6. The second-order valence-corrected chi connectivity index (χ2v) is 9.63. The van der Waals surface area contributed by atoms with Gasteiger partial charge in [0, 0.05) is 29.2 Å². The van der Waals surface area contributed by atoms with E-state index < -0.39 is 16.8 Å². The highest BCUT2D eigenvalue weighted by Crippen LogP contribution is 2.40. The van der Waals surface area contributed by atoms with Crippen LogP contribution in [0.3, 0.4) is 0 Å². The van der Waals surface area contributed by atoms with Crippen LogP contribution < -0.4 is 0 Å². The van der Waals surface area contributed by atoms with E-state index in [1.54, 1.807) is 43.3 Å². The third-order valence-electron chi connectivity index (χ3n) is 5.75. The fourth-order valence-corrected chi connectivity index (χ4v) is 5.19. The molecule has 0 radical (unpaired) electrons. The molecule has 0 saturated heterocycles. The molecule has 4 rings (SSSR count). The fourth-order valence-electron chi connectivity index (χ4n) is 3.97. The number of aromatic nitrogens is 1. The summed E-state index contributed by atoms with van der Waals surface area (Å²) in [7, 11) is 0. The number of amides is 1. The first-order chi connectivity index (χ1) is 18.1. The lowest BCUT2D eigenvalue weighted by molar-refractivity contribution is -0.384. The average Bonchev–Trinajstić information content (AvgIpc) is 3.33. The third-order valence-corrected chi connectivity index (χ3v) is 7.10. The van der Waals surface area contributed by atoms with Crippen molar-refractivity contribution in [3.8, 4) is 5.69 Å². The second-order valence-electron chi connectivity index (χ2n) is 8.19. The lowest BCUT2D eigenvalue weighted by Crippen LogP contribution is -2.14. The van der Waals surface area contributed by atoms with Gasteiger partial charge >= 0.3 is 5.97 Å². The number of non-ortho nitro benzene ring substituents is 1. The van der Waals surface area contributed by atoms with Crippen molar-refractivity contribution in [2.24, 2.45) is 4.99 Å². The number of benzene rings is 2. The number of nitrogens with zero attached hydrogens (tertiary/aromatic N) is 3. The molecule has 0 unspecified atom stereocenters. The molecule has 9 nitrogen and oxygen atoms in total. The number of aliphatic imine (C=N–C) groups is 1. The van der Waals surface area contributed by atoms with Crippen molar-refractivity contribution in [1.29, 1.82) is 0 Å². The minimum Gasteiger partial charge on any atom is -0.506 e. The van der Waals surface area contributed by atoms with Gasteiger partial charge in [0.1, 0.15) is 16.4 Å². The number of thioether (sulfide) groups is 1. The number of aliphatic hydroxyl groups is 1. The van der Waals surface area contributed by atoms with Crippen LogP contribution in [0.15, 0.2) is 75.8 Å². The van der Waals surface area contributed by atoms with Gasteiger partial charge in [0.2, 0.25) is 0 Å². The van der Waals surface area contributed by atoms with E-state index >= 15 is 0 Å². The summed E-state index contributed by atoms with van der Waals surface area (Å²) in [6, 6.07) is 14.4. The number of carbonyl (C=O) groups excluding carboxylic acids is 2. The van der Waals surface area contributed by atoms with Gasteiger partial charge in [-0.2, -0.15) is 0 Å². The van der Waals surface area contributed by atoms with Crippen LogP contribution in [-0.2, 0) is 9.53 Å². The third kappa shape index (κ3) is 5.27. The highest BCUT2D eigenvalue weighted by Gasteiger charge is 2.34. The standard InChI is InChI=1S/C27H22ClN3O6S/c1-4-37-27(34)23-24(32)22(38-26(23)29-25(33)20-7-5-6-8-21(20)28)14-17-13-15(2)30(16(17)3)18-9-11-19(12-10-18)31(35)36/h5-14,32H,4H2,1-3H3/b22-14-,29-26?. The number of aryl methyl sites for hydroxylation is 1. The van der Waals surface area contributed by atoms with Crippen LogP contribution in [0.1, 0.15) is 34.2 Å². The van der Waals surface area contributed by atoms with Crippen LogP contribution >= 0.6 is 23.4 Å². The Kier molecular flexibility index (Phi) is 7.84. The first kappa shape index (κ1) is 26.9. The summed E-state index contributed by atoms with van der Waals surface area (Å²) < 4.78 is 7.02. The maximum atomic E-state index is 12.8. The number of nitro benzene ring substituents is 1. The molecule has 0 saturated carbocycles. The number of hydrogen-bond acceptors (Lipinski definition) is 7. The minimum absolute atomic E-state index is 0.00120. The van der Waals surface area contributed by atoms with Crippen molar-refractivity contribution < 1.29 is 24.4 Å². The van der Waals surface area contributed by atoms with E-state index in [0.29, 0.717) is 4.91 Å². The van der Waals surface area contributed by atoms with Crippen molar-refractivity contribution >= 4 is 52.0 Å². The first-order valence-corrected chi connectivity index (χ1v) is 12.6. The summed E-state index contributed by atoms with van der Waals surface area (Å²) in [5, 5.41) is 22.2. The van der Waals surface area contributed by atoms with Crippen molar-refractivity contribution in [3.05, 3.63) is 108 Å². The van der Waals surface area contributed by atoms with Gasteiger partial charge in [-0.05, 0) is 62.7 Å². The van der Waals surface area contributed by atoms with Gasteiger partial charge in [0.05, 0.1) is 27.0 Å². The first-order valence-electron chi connectivity index (χ1n) is 11.4. The highest BCUT2D eigenvalue weighted by atomic mass is 35.5. The summed E-state index contributed by atoms with van der Waals surface area (Å²) in [6.45, 7) is 5.45. The van der Waals surface area contributed by atoms with Gasteiger partial charge < -0.3 is 14.4 Å². The number of ether oxygens (including phenoxy) is 1. The van der Waals surface area contributed by atoms with E-state index in [1.165, 1.54) is 18.2 Å². The lowest BCUT2D eigenvalue weighted by Gasteiger charge is -2.09. The summed E-state index contributed by atoms with van der Waals surface area (Å²) in [6.07, 6.45) is 1.69. The summed E-state index contributed by atoms with van der Waals surface area (Å²) in [5.41, 5.74) is 3.06. The van der Waals surface area contributed by atoms with Gasteiger partial charge in [-0.25, -0.2) is 9.79 Å². The van der Waals surface area contributed by atoms with Crippen molar-refractivity contribution in [1.82, 2.24) is 4.57 Å². The Bertz CT molecular complexity index is 1550. The van der Waals surface area contributed by atoms with E-state index in [2.05, 4.69) is 4.99 Å². The molecule has 11 heteroatoms. The molecule has 1 aliphatic rings. The minimum atomic E-state index is -0.803. The number of carbonyl (C=O) groups is 2. The van der Waals surface area contributed by atoms with Crippen LogP contribution in [0.5, 0.6) is 0 Å². The second kappa shape index (κ2) is 11.1. The monoisotopic (exact) mass is 551 g/mol. The zero-order chi connectivity index (χ0) is 27.6.